The maximum Gasteiger partial charge on any atom is 0.149 e. The zero-order valence-corrected chi connectivity index (χ0v) is 7.16. The fourth-order valence-electron chi connectivity index (χ4n) is 0.516. The van der Waals surface area contributed by atoms with E-state index in [1.165, 1.54) is 6.20 Å². The molecule has 0 aliphatic carbocycles. The molecule has 0 N–H and O–H groups in total. The second-order valence-corrected chi connectivity index (χ2v) is 3.23. The van der Waals surface area contributed by atoms with Crippen LogP contribution in [-0.4, -0.2) is 4.98 Å². The lowest BCUT2D eigenvalue weighted by molar-refractivity contribution is 1.15. The van der Waals surface area contributed by atoms with Crippen molar-refractivity contribution >= 4 is 34.8 Å². The molecule has 1 rings (SSSR count). The van der Waals surface area contributed by atoms with Gasteiger partial charge < -0.3 is 0 Å². The molecule has 0 aliphatic rings. The summed E-state index contributed by atoms with van der Waals surface area (Å²) in [5.41, 5.74) is 0.618. The van der Waals surface area contributed by atoms with Crippen LogP contribution in [0, 0.1) is 0 Å². The summed E-state index contributed by atoms with van der Waals surface area (Å²) in [4.78, 5) is 3.31. The molecule has 0 unspecified atom stereocenters. The van der Waals surface area contributed by atoms with Gasteiger partial charge in [0, 0.05) is 6.20 Å². The molecule has 0 aromatic carbocycles. The monoisotopic (exact) mass is 195 g/mol. The van der Waals surface area contributed by atoms with Gasteiger partial charge in [0.2, 0.25) is 0 Å². The lowest BCUT2D eigenvalue weighted by Gasteiger charge is -1.97. The molecule has 1 heterocycles. The van der Waals surface area contributed by atoms with Crippen LogP contribution in [-0.2, 0) is 0 Å². The van der Waals surface area contributed by atoms with Gasteiger partial charge >= 0.3 is 0 Å². The number of pyridine rings is 1. The minimum Gasteiger partial charge on any atom is -0.257 e. The molecule has 1 nitrogen and oxygen atoms in total. The molecule has 0 bridgehead atoms. The van der Waals surface area contributed by atoms with Crippen molar-refractivity contribution in [2.75, 3.05) is 0 Å². The highest BCUT2D eigenvalue weighted by atomic mass is 35.5. The largest absolute Gasteiger partial charge is 0.257 e. The summed E-state index contributed by atoms with van der Waals surface area (Å²) in [5.74, 6) is 0. The minimum atomic E-state index is -0.572. The van der Waals surface area contributed by atoms with E-state index in [1.54, 1.807) is 12.1 Å². The van der Waals surface area contributed by atoms with Crippen molar-refractivity contribution in [3.05, 3.63) is 29.0 Å². The van der Waals surface area contributed by atoms with Crippen LogP contribution in [0.3, 0.4) is 0 Å². The van der Waals surface area contributed by atoms with Crippen LogP contribution in [0.2, 0.25) is 5.02 Å². The van der Waals surface area contributed by atoms with Gasteiger partial charge in [-0.25, -0.2) is 0 Å². The Hall–Kier alpha value is 0.0200. The molecule has 0 fully saturated rings. The van der Waals surface area contributed by atoms with Gasteiger partial charge in [-0.05, 0) is 12.1 Å². The summed E-state index contributed by atoms with van der Waals surface area (Å²) in [6.45, 7) is 0. The van der Waals surface area contributed by atoms with E-state index in [1.807, 2.05) is 0 Å². The smallest absolute Gasteiger partial charge is 0.149 e. The van der Waals surface area contributed by atoms with Crippen molar-refractivity contribution in [2.24, 2.45) is 0 Å². The normalized spacial score (nSPS) is 10.4. The molecule has 0 spiro atoms. The fourth-order valence-corrected chi connectivity index (χ4v) is 0.886. The van der Waals surface area contributed by atoms with Crippen molar-refractivity contribution < 1.29 is 0 Å². The lowest BCUT2D eigenvalue weighted by atomic mass is 10.4. The molecule has 10 heavy (non-hydrogen) atoms. The quantitative estimate of drug-likeness (QED) is 0.629. The van der Waals surface area contributed by atoms with Crippen LogP contribution in [0.1, 0.15) is 10.5 Å². The number of hydrogen-bond donors (Lipinski definition) is 0. The molecule has 4 heteroatoms. The van der Waals surface area contributed by atoms with Crippen molar-refractivity contribution in [3.63, 3.8) is 0 Å². The predicted molar refractivity (Wildman–Crippen MR) is 43.7 cm³/mol. The number of aromatic nitrogens is 1. The SMILES string of the molecule is Clc1ccc(C(Cl)Cl)nc1. The summed E-state index contributed by atoms with van der Waals surface area (Å²) in [5, 5.41) is 0.581. The van der Waals surface area contributed by atoms with E-state index < -0.39 is 4.84 Å². The molecule has 1 aromatic rings. The van der Waals surface area contributed by atoms with Gasteiger partial charge in [0.25, 0.3) is 0 Å². The van der Waals surface area contributed by atoms with Crippen LogP contribution < -0.4 is 0 Å². The number of nitrogens with zero attached hydrogens (tertiary/aromatic N) is 1. The molecule has 1 aromatic heterocycles. The first-order valence-corrected chi connectivity index (χ1v) is 3.85. The molecular weight excluding hydrogens is 192 g/mol. The Morgan fingerprint density at radius 1 is 1.30 bits per heavy atom. The molecule has 0 atom stereocenters. The van der Waals surface area contributed by atoms with Gasteiger partial charge in [0.05, 0.1) is 10.7 Å². The molecular formula is C6H4Cl3N. The highest BCUT2D eigenvalue weighted by Gasteiger charge is 2.02. The van der Waals surface area contributed by atoms with Crippen molar-refractivity contribution in [2.45, 2.75) is 4.84 Å². The van der Waals surface area contributed by atoms with E-state index in [-0.39, 0.29) is 0 Å². The standard InChI is InChI=1S/C6H4Cl3N/c7-4-1-2-5(6(8)9)10-3-4/h1-3,6H. The van der Waals surface area contributed by atoms with Crippen molar-refractivity contribution in [1.82, 2.24) is 4.98 Å². The van der Waals surface area contributed by atoms with E-state index in [2.05, 4.69) is 4.98 Å². The molecule has 0 radical (unpaired) electrons. The molecule has 54 valence electrons. The minimum absolute atomic E-state index is 0.572. The van der Waals surface area contributed by atoms with Gasteiger partial charge in [0.1, 0.15) is 4.84 Å². The third-order valence-corrected chi connectivity index (χ3v) is 1.64. The maximum atomic E-state index is 5.57. The Bertz CT molecular complexity index is 207. The van der Waals surface area contributed by atoms with Crippen LogP contribution in [0.15, 0.2) is 18.3 Å². The average molecular weight is 196 g/mol. The summed E-state index contributed by atoms with van der Waals surface area (Å²) in [7, 11) is 0. The number of halogens is 3. The Kier molecular flexibility index (Phi) is 2.78. The summed E-state index contributed by atoms with van der Waals surface area (Å²) >= 11 is 16.6. The van der Waals surface area contributed by atoms with Crippen LogP contribution in [0.4, 0.5) is 0 Å². The van der Waals surface area contributed by atoms with Gasteiger partial charge in [-0.3, -0.25) is 4.98 Å². The zero-order chi connectivity index (χ0) is 7.56. The van der Waals surface area contributed by atoms with Gasteiger partial charge in [0.15, 0.2) is 0 Å². The summed E-state index contributed by atoms with van der Waals surface area (Å²) in [6.07, 6.45) is 1.51. The molecule has 0 saturated heterocycles. The third-order valence-electron chi connectivity index (χ3n) is 0.974. The number of rotatable bonds is 1. The third kappa shape index (κ3) is 2.01. The van der Waals surface area contributed by atoms with Gasteiger partial charge in [-0.2, -0.15) is 0 Å². The van der Waals surface area contributed by atoms with Gasteiger partial charge in [-0.15, -0.1) is 0 Å². The molecule has 0 saturated carbocycles. The van der Waals surface area contributed by atoms with Crippen LogP contribution in [0.5, 0.6) is 0 Å². The van der Waals surface area contributed by atoms with E-state index in [4.69, 9.17) is 34.8 Å². The van der Waals surface area contributed by atoms with Crippen molar-refractivity contribution in [3.8, 4) is 0 Å². The first kappa shape index (κ1) is 8.12. The second kappa shape index (κ2) is 3.42. The van der Waals surface area contributed by atoms with E-state index >= 15 is 0 Å². The number of alkyl halides is 2. The topological polar surface area (TPSA) is 12.9 Å². The Morgan fingerprint density at radius 2 is 2.00 bits per heavy atom. The maximum absolute atomic E-state index is 5.57. The van der Waals surface area contributed by atoms with E-state index in [0.717, 1.165) is 0 Å². The Balaban J connectivity index is 2.89. The Labute approximate surface area is 73.9 Å². The fraction of sp³-hybridized carbons (Fsp3) is 0.167. The lowest BCUT2D eigenvalue weighted by Crippen LogP contribution is -1.85. The first-order chi connectivity index (χ1) is 4.70. The summed E-state index contributed by atoms with van der Waals surface area (Å²) in [6, 6.07) is 3.38. The first-order valence-electron chi connectivity index (χ1n) is 2.60. The highest BCUT2D eigenvalue weighted by molar-refractivity contribution is 6.43. The van der Waals surface area contributed by atoms with Gasteiger partial charge in [-0.1, -0.05) is 34.8 Å². The van der Waals surface area contributed by atoms with Crippen molar-refractivity contribution in [1.29, 1.82) is 0 Å². The highest BCUT2D eigenvalue weighted by Crippen LogP contribution is 2.22. The predicted octanol–water partition coefficient (Wildman–Crippen LogP) is 3.21. The van der Waals surface area contributed by atoms with E-state index in [0.29, 0.717) is 10.7 Å². The van der Waals surface area contributed by atoms with Crippen LogP contribution in [0.25, 0.3) is 0 Å². The second-order valence-electron chi connectivity index (χ2n) is 1.70. The summed E-state index contributed by atoms with van der Waals surface area (Å²) < 4.78 is 0. The number of hydrogen-bond acceptors (Lipinski definition) is 1. The molecule has 0 aliphatic heterocycles. The van der Waals surface area contributed by atoms with Crippen LogP contribution >= 0.6 is 34.8 Å². The van der Waals surface area contributed by atoms with E-state index in [9.17, 15) is 0 Å². The Morgan fingerprint density at radius 3 is 2.40 bits per heavy atom. The molecule has 0 amide bonds. The average Bonchev–Trinajstić information content (AvgIpc) is 1.88. The zero-order valence-electron chi connectivity index (χ0n) is 4.89.